The van der Waals surface area contributed by atoms with Gasteiger partial charge in [-0.05, 0) is 44.0 Å². The van der Waals surface area contributed by atoms with Crippen LogP contribution in [0.25, 0.3) is 0 Å². The van der Waals surface area contributed by atoms with Crippen LogP contribution in [0.3, 0.4) is 0 Å². The third kappa shape index (κ3) is 4.57. The van der Waals surface area contributed by atoms with Gasteiger partial charge in [-0.1, -0.05) is 24.3 Å². The highest BCUT2D eigenvalue weighted by atomic mass is 35.5. The highest BCUT2D eigenvalue weighted by Gasteiger charge is 2.11. The van der Waals surface area contributed by atoms with E-state index in [1.165, 1.54) is 42.6 Å². The highest BCUT2D eigenvalue weighted by Crippen LogP contribution is 2.14. The lowest BCUT2D eigenvalue weighted by molar-refractivity contribution is 0.331. The molecule has 2 N–H and O–H groups in total. The predicted molar refractivity (Wildman–Crippen MR) is 92.1 cm³/mol. The van der Waals surface area contributed by atoms with Gasteiger partial charge in [0.15, 0.2) is 0 Å². The summed E-state index contributed by atoms with van der Waals surface area (Å²) in [5, 5.41) is 10.5. The Morgan fingerprint density at radius 2 is 1.95 bits per heavy atom. The molecule has 22 heavy (non-hydrogen) atoms. The van der Waals surface area contributed by atoms with E-state index >= 15 is 0 Å². The van der Waals surface area contributed by atoms with Crippen molar-refractivity contribution in [1.82, 2.24) is 20.4 Å². The number of aryl methyl sites for hydroxylation is 1. The molecule has 0 atom stereocenters. The molecule has 0 unspecified atom stereocenters. The minimum absolute atomic E-state index is 0. The van der Waals surface area contributed by atoms with E-state index in [0.29, 0.717) is 0 Å². The summed E-state index contributed by atoms with van der Waals surface area (Å²) in [6.45, 7) is 7.41. The van der Waals surface area contributed by atoms with Crippen LogP contribution in [0.4, 0.5) is 0 Å². The first-order valence-corrected chi connectivity index (χ1v) is 7.81. The van der Waals surface area contributed by atoms with Crippen molar-refractivity contribution in [1.29, 1.82) is 0 Å². The molecule has 1 aromatic carbocycles. The molecule has 1 aromatic heterocycles. The number of likely N-dealkylation sites (tertiary alicyclic amines) is 1. The number of hydrogen-bond donors (Lipinski definition) is 2. The van der Waals surface area contributed by atoms with E-state index in [0.717, 1.165) is 25.3 Å². The van der Waals surface area contributed by atoms with Gasteiger partial charge in [0.2, 0.25) is 0 Å². The number of nitrogens with zero attached hydrogens (tertiary/aromatic N) is 2. The predicted octanol–water partition coefficient (Wildman–Crippen LogP) is 3.03. The number of halogens is 1. The maximum atomic E-state index is 4.05. The summed E-state index contributed by atoms with van der Waals surface area (Å²) in [6, 6.07) is 8.93. The molecule has 0 spiro atoms. The zero-order valence-electron chi connectivity index (χ0n) is 13.1. The zero-order valence-corrected chi connectivity index (χ0v) is 14.0. The van der Waals surface area contributed by atoms with Crippen LogP contribution < -0.4 is 5.32 Å². The SMILES string of the molecule is Cc1[nH]ncc1CNCc1cccc(CN2CCCC2)c1.Cl. The number of H-pyrrole nitrogens is 1. The van der Waals surface area contributed by atoms with Crippen molar-refractivity contribution in [2.45, 2.75) is 39.4 Å². The molecule has 1 aliphatic rings. The average molecular weight is 321 g/mol. The molecule has 3 rings (SSSR count). The Morgan fingerprint density at radius 3 is 2.68 bits per heavy atom. The lowest BCUT2D eigenvalue weighted by Crippen LogP contribution is -2.18. The molecule has 1 saturated heterocycles. The van der Waals surface area contributed by atoms with E-state index in [1.54, 1.807) is 0 Å². The van der Waals surface area contributed by atoms with Crippen molar-refractivity contribution in [3.05, 3.63) is 52.8 Å². The number of aromatic amines is 1. The summed E-state index contributed by atoms with van der Waals surface area (Å²) in [4.78, 5) is 2.54. The van der Waals surface area contributed by atoms with E-state index in [-0.39, 0.29) is 12.4 Å². The summed E-state index contributed by atoms with van der Waals surface area (Å²) < 4.78 is 0. The zero-order chi connectivity index (χ0) is 14.5. The highest BCUT2D eigenvalue weighted by molar-refractivity contribution is 5.85. The summed E-state index contributed by atoms with van der Waals surface area (Å²) in [6.07, 6.45) is 4.60. The van der Waals surface area contributed by atoms with Crippen LogP contribution in [-0.2, 0) is 19.6 Å². The van der Waals surface area contributed by atoms with E-state index in [2.05, 4.69) is 51.6 Å². The van der Waals surface area contributed by atoms with Gasteiger partial charge in [-0.25, -0.2) is 0 Å². The van der Waals surface area contributed by atoms with Crippen molar-refractivity contribution >= 4 is 12.4 Å². The van der Waals surface area contributed by atoms with Crippen molar-refractivity contribution in [3.63, 3.8) is 0 Å². The Bertz CT molecular complexity index is 576. The first kappa shape index (κ1) is 17.0. The Morgan fingerprint density at radius 1 is 1.18 bits per heavy atom. The van der Waals surface area contributed by atoms with Gasteiger partial charge in [0.1, 0.15) is 0 Å². The fraction of sp³-hybridized carbons (Fsp3) is 0.471. The lowest BCUT2D eigenvalue weighted by atomic mass is 10.1. The molecule has 120 valence electrons. The number of rotatable bonds is 6. The van der Waals surface area contributed by atoms with E-state index in [1.807, 2.05) is 6.20 Å². The maximum absolute atomic E-state index is 4.05. The van der Waals surface area contributed by atoms with Crippen LogP contribution in [0.15, 0.2) is 30.5 Å². The molecule has 0 amide bonds. The minimum Gasteiger partial charge on any atom is -0.308 e. The largest absolute Gasteiger partial charge is 0.308 e. The Kier molecular flexibility index (Phi) is 6.43. The van der Waals surface area contributed by atoms with Crippen molar-refractivity contribution < 1.29 is 0 Å². The summed E-state index contributed by atoms with van der Waals surface area (Å²) >= 11 is 0. The minimum atomic E-state index is 0. The number of aromatic nitrogens is 2. The number of benzene rings is 1. The number of hydrogen-bond acceptors (Lipinski definition) is 3. The van der Waals surface area contributed by atoms with E-state index < -0.39 is 0 Å². The van der Waals surface area contributed by atoms with E-state index in [4.69, 9.17) is 0 Å². The maximum Gasteiger partial charge on any atom is 0.0535 e. The van der Waals surface area contributed by atoms with Crippen LogP contribution >= 0.6 is 12.4 Å². The molecule has 1 aliphatic heterocycles. The molecule has 2 aromatic rings. The van der Waals surface area contributed by atoms with Gasteiger partial charge in [-0.2, -0.15) is 5.10 Å². The topological polar surface area (TPSA) is 44.0 Å². The molecule has 0 radical (unpaired) electrons. The molecule has 1 fully saturated rings. The number of nitrogens with one attached hydrogen (secondary N) is 2. The Labute approximate surface area is 138 Å². The molecule has 2 heterocycles. The molecule has 0 aliphatic carbocycles. The molecular weight excluding hydrogens is 296 g/mol. The Balaban J connectivity index is 0.00000176. The average Bonchev–Trinajstić information content (AvgIpc) is 3.12. The summed E-state index contributed by atoms with van der Waals surface area (Å²) in [7, 11) is 0. The summed E-state index contributed by atoms with van der Waals surface area (Å²) in [5.74, 6) is 0. The van der Waals surface area contributed by atoms with Gasteiger partial charge < -0.3 is 5.32 Å². The van der Waals surface area contributed by atoms with E-state index in [9.17, 15) is 0 Å². The van der Waals surface area contributed by atoms with Gasteiger partial charge in [0.25, 0.3) is 0 Å². The first-order chi connectivity index (χ1) is 10.3. The molecule has 0 bridgehead atoms. The quantitative estimate of drug-likeness (QED) is 0.860. The molecular formula is C17H25ClN4. The van der Waals surface area contributed by atoms with Gasteiger partial charge in [-0.3, -0.25) is 10.00 Å². The van der Waals surface area contributed by atoms with Crippen LogP contribution in [0, 0.1) is 6.92 Å². The van der Waals surface area contributed by atoms with Gasteiger partial charge in [0, 0.05) is 30.9 Å². The normalized spacial score (nSPS) is 15.0. The van der Waals surface area contributed by atoms with Crippen molar-refractivity contribution in [3.8, 4) is 0 Å². The lowest BCUT2D eigenvalue weighted by Gasteiger charge is -2.15. The second-order valence-corrected chi connectivity index (χ2v) is 5.93. The Hall–Kier alpha value is -1.36. The van der Waals surface area contributed by atoms with Gasteiger partial charge >= 0.3 is 0 Å². The van der Waals surface area contributed by atoms with Crippen LogP contribution in [0.2, 0.25) is 0 Å². The third-order valence-electron chi connectivity index (χ3n) is 4.18. The van der Waals surface area contributed by atoms with Crippen LogP contribution in [0.1, 0.15) is 35.2 Å². The monoisotopic (exact) mass is 320 g/mol. The van der Waals surface area contributed by atoms with Gasteiger partial charge in [-0.15, -0.1) is 12.4 Å². The van der Waals surface area contributed by atoms with Gasteiger partial charge in [0.05, 0.1) is 6.20 Å². The molecule has 0 saturated carbocycles. The third-order valence-corrected chi connectivity index (χ3v) is 4.18. The second kappa shape index (κ2) is 8.32. The van der Waals surface area contributed by atoms with Crippen LogP contribution in [0.5, 0.6) is 0 Å². The summed E-state index contributed by atoms with van der Waals surface area (Å²) in [5.41, 5.74) is 5.16. The fourth-order valence-corrected chi connectivity index (χ4v) is 2.93. The standard InChI is InChI=1S/C17H24N4.ClH/c1-14-17(12-19-20-14)11-18-10-15-5-4-6-16(9-15)13-21-7-2-3-8-21;/h4-6,9,12,18H,2-3,7-8,10-11,13H2,1H3,(H,19,20);1H. The molecule has 5 heteroatoms. The second-order valence-electron chi connectivity index (χ2n) is 5.93. The van der Waals surface area contributed by atoms with Crippen molar-refractivity contribution in [2.24, 2.45) is 0 Å². The fourth-order valence-electron chi connectivity index (χ4n) is 2.93. The first-order valence-electron chi connectivity index (χ1n) is 7.81. The molecule has 4 nitrogen and oxygen atoms in total. The smallest absolute Gasteiger partial charge is 0.0535 e. The van der Waals surface area contributed by atoms with Crippen LogP contribution in [-0.4, -0.2) is 28.2 Å². The van der Waals surface area contributed by atoms with Crippen molar-refractivity contribution in [2.75, 3.05) is 13.1 Å².